The van der Waals surface area contributed by atoms with Crippen LogP contribution in [0.4, 0.5) is 0 Å². The molecule has 1 aliphatic carbocycles. The number of ether oxygens (including phenoxy) is 1. The second kappa shape index (κ2) is 7.95. The van der Waals surface area contributed by atoms with E-state index < -0.39 is 5.97 Å². The number of thiazole rings is 1. The lowest BCUT2D eigenvalue weighted by Gasteiger charge is -2.07. The molecule has 0 bridgehead atoms. The third kappa shape index (κ3) is 4.03. The molecular formula is C23H24N2O3S. The smallest absolute Gasteiger partial charge is 0.358 e. The molecule has 2 heterocycles. The van der Waals surface area contributed by atoms with E-state index in [9.17, 15) is 9.59 Å². The van der Waals surface area contributed by atoms with Gasteiger partial charge in [-0.2, -0.15) is 0 Å². The first-order chi connectivity index (χ1) is 14.0. The second-order valence-corrected chi connectivity index (χ2v) is 8.33. The van der Waals surface area contributed by atoms with E-state index >= 15 is 0 Å². The molecule has 150 valence electrons. The molecule has 2 aromatic heterocycles. The number of nitrogens with zero attached hydrogens (tertiary/aromatic N) is 2. The molecule has 5 nitrogen and oxygen atoms in total. The van der Waals surface area contributed by atoms with Crippen molar-refractivity contribution in [3.05, 3.63) is 63.9 Å². The molecule has 1 fully saturated rings. The molecule has 0 aliphatic heterocycles. The predicted octanol–water partition coefficient (Wildman–Crippen LogP) is 5.17. The van der Waals surface area contributed by atoms with Crippen LogP contribution in [0.25, 0.3) is 10.6 Å². The zero-order chi connectivity index (χ0) is 20.5. The Morgan fingerprint density at radius 1 is 1.21 bits per heavy atom. The van der Waals surface area contributed by atoms with Crippen molar-refractivity contribution in [1.82, 2.24) is 9.55 Å². The predicted molar refractivity (Wildman–Crippen MR) is 114 cm³/mol. The first-order valence-electron chi connectivity index (χ1n) is 9.91. The number of esters is 1. The Hall–Kier alpha value is -2.73. The number of aromatic nitrogens is 2. The van der Waals surface area contributed by atoms with Crippen molar-refractivity contribution in [2.45, 2.75) is 46.1 Å². The van der Waals surface area contributed by atoms with Crippen molar-refractivity contribution in [3.8, 4) is 10.6 Å². The van der Waals surface area contributed by atoms with Crippen LogP contribution >= 0.6 is 11.3 Å². The third-order valence-electron chi connectivity index (χ3n) is 5.35. The molecular weight excluding hydrogens is 384 g/mol. The molecule has 1 aromatic carbocycles. The number of carbonyl (C=O) groups is 2. The fourth-order valence-electron chi connectivity index (χ4n) is 3.62. The fourth-order valence-corrected chi connectivity index (χ4v) is 4.42. The topological polar surface area (TPSA) is 61.2 Å². The highest BCUT2D eigenvalue weighted by molar-refractivity contribution is 7.13. The lowest BCUT2D eigenvalue weighted by atomic mass is 10.1. The minimum absolute atomic E-state index is 0.177. The lowest BCUT2D eigenvalue weighted by molar-refractivity contribution is 0.0469. The van der Waals surface area contributed by atoms with Gasteiger partial charge in [0.1, 0.15) is 5.01 Å². The molecule has 0 saturated heterocycles. The number of benzene rings is 1. The summed E-state index contributed by atoms with van der Waals surface area (Å²) >= 11 is 1.39. The fraction of sp³-hybridized carbons (Fsp3) is 0.348. The third-order valence-corrected chi connectivity index (χ3v) is 6.24. The van der Waals surface area contributed by atoms with Crippen molar-refractivity contribution in [3.63, 3.8) is 0 Å². The van der Waals surface area contributed by atoms with Crippen LogP contribution in [-0.4, -0.2) is 27.9 Å². The van der Waals surface area contributed by atoms with Crippen molar-refractivity contribution in [1.29, 1.82) is 0 Å². The monoisotopic (exact) mass is 408 g/mol. The van der Waals surface area contributed by atoms with E-state index in [1.807, 2.05) is 32.0 Å². The van der Waals surface area contributed by atoms with Gasteiger partial charge in [-0.05, 0) is 44.7 Å². The van der Waals surface area contributed by atoms with Gasteiger partial charge in [-0.1, -0.05) is 31.2 Å². The Labute approximate surface area is 174 Å². The quantitative estimate of drug-likeness (QED) is 0.400. The Bertz CT molecular complexity index is 1060. The number of carbonyl (C=O) groups excluding carboxylic acids is 2. The SMILES string of the molecule is CCc1ccc(-c2nc(C(=O)OCC(=O)c3cc(C)n(C4CC4)c3C)cs2)cc1. The number of hydrogen-bond acceptors (Lipinski definition) is 5. The molecule has 0 amide bonds. The molecule has 0 radical (unpaired) electrons. The lowest BCUT2D eigenvalue weighted by Crippen LogP contribution is -2.15. The van der Waals surface area contributed by atoms with Crippen molar-refractivity contribution in [2.24, 2.45) is 0 Å². The van der Waals surface area contributed by atoms with Crippen LogP contribution in [0.3, 0.4) is 0 Å². The highest BCUT2D eigenvalue weighted by Crippen LogP contribution is 2.38. The molecule has 3 aromatic rings. The van der Waals surface area contributed by atoms with Crippen molar-refractivity contribution >= 4 is 23.1 Å². The summed E-state index contributed by atoms with van der Waals surface area (Å²) in [5.41, 5.74) is 5.13. The van der Waals surface area contributed by atoms with Gasteiger partial charge in [0, 0.05) is 33.9 Å². The van der Waals surface area contributed by atoms with E-state index in [4.69, 9.17) is 4.74 Å². The molecule has 1 aliphatic rings. The van der Waals surface area contributed by atoms with Gasteiger partial charge in [-0.15, -0.1) is 11.3 Å². The van der Waals surface area contributed by atoms with Crippen LogP contribution < -0.4 is 0 Å². The molecule has 29 heavy (non-hydrogen) atoms. The van der Waals surface area contributed by atoms with Gasteiger partial charge in [0.15, 0.2) is 12.3 Å². The Morgan fingerprint density at radius 2 is 1.93 bits per heavy atom. The van der Waals surface area contributed by atoms with Gasteiger partial charge < -0.3 is 9.30 Å². The van der Waals surface area contributed by atoms with E-state index in [0.29, 0.717) is 11.6 Å². The molecule has 4 rings (SSSR count). The summed E-state index contributed by atoms with van der Waals surface area (Å²) in [6.45, 7) is 5.80. The minimum Gasteiger partial charge on any atom is -0.453 e. The first-order valence-corrected chi connectivity index (χ1v) is 10.8. The summed E-state index contributed by atoms with van der Waals surface area (Å²) in [5, 5.41) is 2.44. The van der Waals surface area contributed by atoms with Gasteiger partial charge in [0.05, 0.1) is 0 Å². The maximum absolute atomic E-state index is 12.6. The molecule has 0 N–H and O–H groups in total. The number of rotatable bonds is 7. The van der Waals surface area contributed by atoms with Gasteiger partial charge >= 0.3 is 5.97 Å². The van der Waals surface area contributed by atoms with E-state index in [0.717, 1.165) is 41.2 Å². The summed E-state index contributed by atoms with van der Waals surface area (Å²) in [6, 6.07) is 10.5. The van der Waals surface area contributed by atoms with Gasteiger partial charge in [-0.25, -0.2) is 9.78 Å². The first kappa shape index (κ1) is 19.6. The van der Waals surface area contributed by atoms with E-state index in [2.05, 4.69) is 28.6 Å². The maximum atomic E-state index is 12.6. The Balaban J connectivity index is 1.40. The van der Waals surface area contributed by atoms with Crippen LogP contribution in [0.5, 0.6) is 0 Å². The highest BCUT2D eigenvalue weighted by Gasteiger charge is 2.28. The number of hydrogen-bond donors (Lipinski definition) is 0. The van der Waals surface area contributed by atoms with Crippen molar-refractivity contribution in [2.75, 3.05) is 6.61 Å². The average Bonchev–Trinajstić information content (AvgIpc) is 3.34. The molecule has 0 unspecified atom stereocenters. The normalized spacial score (nSPS) is 13.5. The number of ketones is 1. The van der Waals surface area contributed by atoms with Gasteiger partial charge in [0.25, 0.3) is 0 Å². The summed E-state index contributed by atoms with van der Waals surface area (Å²) in [5.74, 6) is -0.744. The number of Topliss-reactive ketones (excluding diaryl/α,β-unsaturated/α-hetero) is 1. The largest absolute Gasteiger partial charge is 0.453 e. The van der Waals surface area contributed by atoms with E-state index in [1.165, 1.54) is 16.9 Å². The molecule has 0 atom stereocenters. The highest BCUT2D eigenvalue weighted by atomic mass is 32.1. The summed E-state index contributed by atoms with van der Waals surface area (Å²) in [4.78, 5) is 29.3. The summed E-state index contributed by atoms with van der Waals surface area (Å²) in [7, 11) is 0. The maximum Gasteiger partial charge on any atom is 0.358 e. The van der Waals surface area contributed by atoms with Crippen LogP contribution in [0.2, 0.25) is 0 Å². The average molecular weight is 409 g/mol. The summed E-state index contributed by atoms with van der Waals surface area (Å²) < 4.78 is 7.47. The zero-order valence-electron chi connectivity index (χ0n) is 16.9. The van der Waals surface area contributed by atoms with Gasteiger partial charge in [-0.3, -0.25) is 4.79 Å². The Kier molecular flexibility index (Phi) is 5.37. The van der Waals surface area contributed by atoms with E-state index in [-0.39, 0.29) is 18.1 Å². The molecule has 1 saturated carbocycles. The second-order valence-electron chi connectivity index (χ2n) is 7.47. The zero-order valence-corrected chi connectivity index (χ0v) is 17.7. The Morgan fingerprint density at radius 3 is 2.59 bits per heavy atom. The molecule has 0 spiro atoms. The molecule has 6 heteroatoms. The minimum atomic E-state index is -0.568. The van der Waals surface area contributed by atoms with Gasteiger partial charge in [0.2, 0.25) is 5.78 Å². The van der Waals surface area contributed by atoms with Crippen LogP contribution in [0.1, 0.15) is 63.6 Å². The van der Waals surface area contributed by atoms with Crippen LogP contribution in [-0.2, 0) is 11.2 Å². The van der Waals surface area contributed by atoms with Crippen LogP contribution in [0.15, 0.2) is 35.7 Å². The summed E-state index contributed by atoms with van der Waals surface area (Å²) in [6.07, 6.45) is 3.30. The van der Waals surface area contributed by atoms with Crippen molar-refractivity contribution < 1.29 is 14.3 Å². The van der Waals surface area contributed by atoms with Crippen LogP contribution in [0, 0.1) is 13.8 Å². The number of aryl methyl sites for hydroxylation is 2. The van der Waals surface area contributed by atoms with E-state index in [1.54, 1.807) is 5.38 Å². The standard InChI is InChI=1S/C23H24N2O3S/c1-4-16-5-7-17(8-6-16)22-24-20(13-29-22)23(27)28-12-21(26)19-11-14(2)25(15(19)3)18-9-10-18/h5-8,11,13,18H,4,9-10,12H2,1-3H3.